The van der Waals surface area contributed by atoms with E-state index in [2.05, 4.69) is 12.1 Å². The predicted octanol–water partition coefficient (Wildman–Crippen LogP) is 3.28. The van der Waals surface area contributed by atoms with E-state index >= 15 is 0 Å². The van der Waals surface area contributed by atoms with Gasteiger partial charge in [0, 0.05) is 0 Å². The topological polar surface area (TPSA) is 9.23 Å². The molecule has 2 rings (SSSR count). The molecule has 16 heavy (non-hydrogen) atoms. The maximum absolute atomic E-state index is 6.45. The van der Waals surface area contributed by atoms with Crippen LogP contribution in [0.25, 0.3) is 0 Å². The Hall–Kier alpha value is -1.04. The number of methoxy groups -OCH3 is 1. The standard InChI is InChI=1S/C13H12ClOP/c1-15-11-7-9-13(10-8-11)16(14)12-5-3-2-4-6-12/h2-10H,1H3. The largest absolute Gasteiger partial charge is 0.497 e. The van der Waals surface area contributed by atoms with Crippen LogP contribution in [0.4, 0.5) is 0 Å². The van der Waals surface area contributed by atoms with Crippen molar-refractivity contribution < 1.29 is 4.74 Å². The molecule has 3 heteroatoms. The summed E-state index contributed by atoms with van der Waals surface area (Å²) in [5.74, 6) is 0.858. The summed E-state index contributed by atoms with van der Waals surface area (Å²) in [6.07, 6.45) is 0. The van der Waals surface area contributed by atoms with Gasteiger partial charge in [0.2, 0.25) is 0 Å². The maximum Gasteiger partial charge on any atom is 0.118 e. The van der Waals surface area contributed by atoms with Crippen LogP contribution in [0.1, 0.15) is 0 Å². The second-order valence-corrected chi connectivity index (χ2v) is 5.92. The van der Waals surface area contributed by atoms with Crippen LogP contribution < -0.4 is 15.3 Å². The van der Waals surface area contributed by atoms with Crippen molar-refractivity contribution >= 4 is 29.1 Å². The summed E-state index contributed by atoms with van der Waals surface area (Å²) in [5.41, 5.74) is 0. The lowest BCUT2D eigenvalue weighted by atomic mass is 10.3. The Morgan fingerprint density at radius 1 is 0.875 bits per heavy atom. The summed E-state index contributed by atoms with van der Waals surface area (Å²) in [5, 5.41) is 2.31. The summed E-state index contributed by atoms with van der Waals surface area (Å²) >= 11 is 6.45. The first-order chi connectivity index (χ1) is 7.81. The van der Waals surface area contributed by atoms with Crippen molar-refractivity contribution in [3.05, 3.63) is 54.6 Å². The van der Waals surface area contributed by atoms with Crippen molar-refractivity contribution in [1.82, 2.24) is 0 Å². The van der Waals surface area contributed by atoms with E-state index in [1.165, 1.54) is 5.30 Å². The van der Waals surface area contributed by atoms with Crippen molar-refractivity contribution in [2.24, 2.45) is 0 Å². The van der Waals surface area contributed by atoms with Crippen molar-refractivity contribution in [3.63, 3.8) is 0 Å². The van der Waals surface area contributed by atoms with Crippen LogP contribution in [0.15, 0.2) is 54.6 Å². The molecule has 0 heterocycles. The molecule has 0 aliphatic heterocycles. The van der Waals surface area contributed by atoms with Crippen LogP contribution in [-0.4, -0.2) is 7.11 Å². The first-order valence-corrected chi connectivity index (χ1v) is 7.21. The molecule has 1 unspecified atom stereocenters. The molecule has 0 radical (unpaired) electrons. The zero-order valence-electron chi connectivity index (χ0n) is 8.93. The molecule has 0 saturated heterocycles. The zero-order valence-corrected chi connectivity index (χ0v) is 10.6. The molecule has 2 aromatic carbocycles. The first-order valence-electron chi connectivity index (χ1n) is 4.96. The molecule has 1 nitrogen and oxygen atoms in total. The van der Waals surface area contributed by atoms with Gasteiger partial charge in [-0.05, 0) is 34.9 Å². The fourth-order valence-corrected chi connectivity index (χ4v) is 3.24. The lowest BCUT2D eigenvalue weighted by molar-refractivity contribution is 0.415. The van der Waals surface area contributed by atoms with Gasteiger partial charge in [-0.2, -0.15) is 0 Å². The lowest BCUT2D eigenvalue weighted by Crippen LogP contribution is -2.07. The average Bonchev–Trinajstić information content (AvgIpc) is 2.39. The van der Waals surface area contributed by atoms with E-state index in [-0.39, 0.29) is 0 Å². The maximum atomic E-state index is 6.45. The molecule has 0 amide bonds. The van der Waals surface area contributed by atoms with E-state index in [4.69, 9.17) is 16.0 Å². The minimum absolute atomic E-state index is 0.772. The molecule has 1 atom stereocenters. The van der Waals surface area contributed by atoms with Crippen molar-refractivity contribution in [2.75, 3.05) is 7.11 Å². The van der Waals surface area contributed by atoms with Gasteiger partial charge in [-0.3, -0.25) is 0 Å². The van der Waals surface area contributed by atoms with E-state index in [1.54, 1.807) is 7.11 Å². The predicted molar refractivity (Wildman–Crippen MR) is 71.5 cm³/mol. The number of halogens is 1. The number of hydrogen-bond acceptors (Lipinski definition) is 1. The Kier molecular flexibility index (Phi) is 3.82. The Morgan fingerprint density at radius 2 is 1.44 bits per heavy atom. The number of hydrogen-bond donors (Lipinski definition) is 0. The number of rotatable bonds is 3. The van der Waals surface area contributed by atoms with Crippen LogP contribution in [0.5, 0.6) is 5.75 Å². The third kappa shape index (κ3) is 2.55. The second-order valence-electron chi connectivity index (χ2n) is 3.31. The highest BCUT2D eigenvalue weighted by molar-refractivity contribution is 7.95. The van der Waals surface area contributed by atoms with Crippen molar-refractivity contribution in [1.29, 1.82) is 0 Å². The van der Waals surface area contributed by atoms with Crippen LogP contribution in [0.3, 0.4) is 0 Å². The summed E-state index contributed by atoms with van der Waals surface area (Å²) in [4.78, 5) is 0. The van der Waals surface area contributed by atoms with E-state index in [0.717, 1.165) is 11.1 Å². The molecule has 0 spiro atoms. The van der Waals surface area contributed by atoms with Gasteiger partial charge in [-0.1, -0.05) is 41.6 Å². The Bertz CT molecular complexity index is 441. The highest BCUT2D eigenvalue weighted by atomic mass is 35.7. The number of ether oxygens (including phenoxy) is 1. The van der Waals surface area contributed by atoms with Crippen LogP contribution in [0.2, 0.25) is 0 Å². The van der Waals surface area contributed by atoms with Gasteiger partial charge in [-0.15, -0.1) is 0 Å². The quantitative estimate of drug-likeness (QED) is 0.760. The monoisotopic (exact) mass is 250 g/mol. The highest BCUT2D eigenvalue weighted by Crippen LogP contribution is 2.38. The van der Waals surface area contributed by atoms with Gasteiger partial charge in [0.15, 0.2) is 0 Å². The van der Waals surface area contributed by atoms with E-state index < -0.39 is 7.27 Å². The number of benzene rings is 2. The average molecular weight is 251 g/mol. The SMILES string of the molecule is COc1ccc(P(Cl)c2ccccc2)cc1. The molecule has 0 saturated carbocycles. The normalized spacial score (nSPS) is 12.1. The van der Waals surface area contributed by atoms with Crippen LogP contribution in [0, 0.1) is 0 Å². The Balaban J connectivity index is 2.24. The van der Waals surface area contributed by atoms with Gasteiger partial charge in [0.05, 0.1) is 14.4 Å². The molecule has 0 bridgehead atoms. The van der Waals surface area contributed by atoms with Crippen LogP contribution in [-0.2, 0) is 0 Å². The minimum atomic E-state index is -0.772. The van der Waals surface area contributed by atoms with Gasteiger partial charge < -0.3 is 4.74 Å². The molecular weight excluding hydrogens is 239 g/mol. The van der Waals surface area contributed by atoms with Gasteiger partial charge in [0.25, 0.3) is 0 Å². The molecule has 0 aromatic heterocycles. The first kappa shape index (κ1) is 11.4. The van der Waals surface area contributed by atoms with Gasteiger partial charge >= 0.3 is 0 Å². The summed E-state index contributed by atoms with van der Waals surface area (Å²) in [6.45, 7) is 0. The van der Waals surface area contributed by atoms with Crippen LogP contribution >= 0.6 is 18.5 Å². The fourth-order valence-electron chi connectivity index (χ4n) is 1.42. The lowest BCUT2D eigenvalue weighted by Gasteiger charge is -2.10. The van der Waals surface area contributed by atoms with Gasteiger partial charge in [-0.25, -0.2) is 0 Å². The minimum Gasteiger partial charge on any atom is -0.497 e. The third-order valence-corrected chi connectivity index (χ3v) is 4.96. The third-order valence-electron chi connectivity index (χ3n) is 2.28. The van der Waals surface area contributed by atoms with E-state index in [9.17, 15) is 0 Å². The fraction of sp³-hybridized carbons (Fsp3) is 0.0769. The molecule has 2 aromatic rings. The van der Waals surface area contributed by atoms with E-state index in [1.807, 2.05) is 42.5 Å². The summed E-state index contributed by atoms with van der Waals surface area (Å²) in [6, 6.07) is 18.1. The molecule has 0 aliphatic rings. The summed E-state index contributed by atoms with van der Waals surface area (Å²) < 4.78 is 5.12. The highest BCUT2D eigenvalue weighted by Gasteiger charge is 2.09. The second kappa shape index (κ2) is 5.34. The van der Waals surface area contributed by atoms with Gasteiger partial charge in [0.1, 0.15) is 5.75 Å². The van der Waals surface area contributed by atoms with Crippen molar-refractivity contribution in [2.45, 2.75) is 0 Å². The zero-order chi connectivity index (χ0) is 11.4. The Labute approximate surface area is 102 Å². The molecular formula is C13H12ClOP. The smallest absolute Gasteiger partial charge is 0.118 e. The molecule has 0 fully saturated rings. The van der Waals surface area contributed by atoms with E-state index in [0.29, 0.717) is 0 Å². The Morgan fingerprint density at radius 3 is 2.00 bits per heavy atom. The summed E-state index contributed by atoms with van der Waals surface area (Å²) in [7, 11) is 0.891. The molecule has 0 aliphatic carbocycles. The van der Waals surface area contributed by atoms with Crippen molar-refractivity contribution in [3.8, 4) is 5.75 Å². The molecule has 0 N–H and O–H groups in total. The molecule has 82 valence electrons.